The molecule has 3 aromatic rings. The molecule has 3 rings (SSSR count). The molecule has 0 saturated carbocycles. The lowest BCUT2D eigenvalue weighted by Crippen LogP contribution is -2.13. The Hall–Kier alpha value is -3.64. The highest BCUT2D eigenvalue weighted by atomic mass is 19.4. The van der Waals surface area contributed by atoms with Gasteiger partial charge in [-0.2, -0.15) is 31.4 Å². The van der Waals surface area contributed by atoms with E-state index in [4.69, 9.17) is 4.74 Å². The summed E-state index contributed by atoms with van der Waals surface area (Å²) in [4.78, 5) is 16.3. The minimum atomic E-state index is -5.01. The fraction of sp³-hybridized carbons (Fsp3) is 0.300. The Balaban J connectivity index is 2.06. The number of aryl methyl sites for hydroxylation is 1. The number of esters is 1. The fourth-order valence-electron chi connectivity index (χ4n) is 2.77. The maximum atomic E-state index is 13.1. The molecule has 0 amide bonds. The van der Waals surface area contributed by atoms with Crippen LogP contribution in [0.25, 0.3) is 23.2 Å². The van der Waals surface area contributed by atoms with Gasteiger partial charge in [0.2, 0.25) is 0 Å². The molecular weight excluding hydrogens is 456 g/mol. The number of nitrogens with zero attached hydrogens (tertiary/aromatic N) is 5. The van der Waals surface area contributed by atoms with Gasteiger partial charge in [0.25, 0.3) is 0 Å². The number of aromatic nitrogens is 5. The maximum absolute atomic E-state index is 13.1. The molecule has 0 N–H and O–H groups in total. The molecule has 0 spiro atoms. The molecule has 0 radical (unpaired) electrons. The first-order valence-corrected chi connectivity index (χ1v) is 9.37. The van der Waals surface area contributed by atoms with Gasteiger partial charge >= 0.3 is 18.3 Å². The van der Waals surface area contributed by atoms with Gasteiger partial charge in [0, 0.05) is 30.6 Å². The van der Waals surface area contributed by atoms with E-state index in [2.05, 4.69) is 15.2 Å². The summed E-state index contributed by atoms with van der Waals surface area (Å²) in [5.74, 6) is -1.13. The predicted octanol–water partition coefficient (Wildman–Crippen LogP) is 4.67. The van der Waals surface area contributed by atoms with Crippen LogP contribution in [0, 0.1) is 0 Å². The van der Waals surface area contributed by atoms with Gasteiger partial charge in [-0.15, -0.1) is 5.10 Å². The van der Waals surface area contributed by atoms with Crippen LogP contribution in [0.2, 0.25) is 0 Å². The van der Waals surface area contributed by atoms with Crippen molar-refractivity contribution in [2.75, 3.05) is 0 Å². The van der Waals surface area contributed by atoms with Gasteiger partial charge in [-0.25, -0.2) is 14.5 Å². The summed E-state index contributed by atoms with van der Waals surface area (Å²) < 4.78 is 86.4. The van der Waals surface area contributed by atoms with Gasteiger partial charge in [0.1, 0.15) is 6.33 Å². The standard InChI is InChI=1S/C20H17F6N5O2/c1-11(2)33-18(32)16(13-7-28-30(3)8-13)9-31-10-27-17(29-31)12-4-14(19(21,22)23)6-15(5-12)20(24,25)26/h4-11H,1-3H3/b16-9+. The molecule has 1 aromatic carbocycles. The lowest BCUT2D eigenvalue weighted by Gasteiger charge is -2.13. The first-order valence-electron chi connectivity index (χ1n) is 9.37. The number of halogens is 6. The van der Waals surface area contributed by atoms with Crippen molar-refractivity contribution in [2.45, 2.75) is 32.3 Å². The minimum Gasteiger partial charge on any atom is -0.459 e. The SMILES string of the molecule is CC(C)OC(=O)/C(=C/n1cnc(-c2cc(C(F)(F)F)cc(C(F)(F)F)c2)n1)c1cnn(C)c1. The highest BCUT2D eigenvalue weighted by Gasteiger charge is 2.37. The smallest absolute Gasteiger partial charge is 0.416 e. The Morgan fingerprint density at radius 3 is 2.15 bits per heavy atom. The fourth-order valence-corrected chi connectivity index (χ4v) is 2.77. The molecule has 0 aliphatic carbocycles. The highest BCUT2D eigenvalue weighted by Crippen LogP contribution is 2.38. The van der Waals surface area contributed by atoms with Crippen molar-refractivity contribution in [1.82, 2.24) is 24.5 Å². The van der Waals surface area contributed by atoms with E-state index in [9.17, 15) is 31.1 Å². The molecule has 0 bridgehead atoms. The van der Waals surface area contributed by atoms with Gasteiger partial charge in [-0.05, 0) is 32.0 Å². The average Bonchev–Trinajstić information content (AvgIpc) is 3.32. The van der Waals surface area contributed by atoms with Crippen molar-refractivity contribution in [2.24, 2.45) is 7.05 Å². The Bertz CT molecular complexity index is 1160. The van der Waals surface area contributed by atoms with Gasteiger partial charge in [-0.1, -0.05) is 0 Å². The molecule has 0 aliphatic rings. The molecule has 0 atom stereocenters. The second kappa shape index (κ2) is 8.71. The number of rotatable bonds is 5. The van der Waals surface area contributed by atoms with Gasteiger partial charge < -0.3 is 4.74 Å². The lowest BCUT2D eigenvalue weighted by molar-refractivity contribution is -0.143. The second-order valence-corrected chi connectivity index (χ2v) is 7.24. The summed E-state index contributed by atoms with van der Waals surface area (Å²) in [5, 5.41) is 7.89. The van der Waals surface area contributed by atoms with Crippen molar-refractivity contribution in [3.8, 4) is 11.4 Å². The molecule has 0 unspecified atom stereocenters. The number of benzene rings is 1. The van der Waals surface area contributed by atoms with Crippen LogP contribution in [0.15, 0.2) is 36.9 Å². The summed E-state index contributed by atoms with van der Waals surface area (Å²) in [6.07, 6.45) is -5.33. The zero-order chi connectivity index (χ0) is 24.6. The third-order valence-electron chi connectivity index (χ3n) is 4.19. The molecule has 7 nitrogen and oxygen atoms in total. The largest absolute Gasteiger partial charge is 0.459 e. The van der Waals surface area contributed by atoms with Gasteiger partial charge in [-0.3, -0.25) is 4.68 Å². The summed E-state index contributed by atoms with van der Waals surface area (Å²) in [6.45, 7) is 3.27. The third-order valence-corrected chi connectivity index (χ3v) is 4.19. The van der Waals surface area contributed by atoms with Crippen molar-refractivity contribution in [1.29, 1.82) is 0 Å². The quantitative estimate of drug-likeness (QED) is 0.306. The van der Waals surface area contributed by atoms with Crippen LogP contribution >= 0.6 is 0 Å². The van der Waals surface area contributed by atoms with E-state index in [1.54, 1.807) is 20.9 Å². The number of alkyl halides is 6. The van der Waals surface area contributed by atoms with Crippen LogP contribution in [0.4, 0.5) is 26.3 Å². The third kappa shape index (κ3) is 5.79. The Labute approximate surface area is 183 Å². The topological polar surface area (TPSA) is 74.8 Å². The maximum Gasteiger partial charge on any atom is 0.416 e. The second-order valence-electron chi connectivity index (χ2n) is 7.24. The Morgan fingerprint density at radius 1 is 1.06 bits per heavy atom. The normalized spacial score (nSPS) is 13.0. The monoisotopic (exact) mass is 473 g/mol. The van der Waals surface area contributed by atoms with E-state index >= 15 is 0 Å². The van der Waals surface area contributed by atoms with Crippen molar-refractivity contribution in [3.63, 3.8) is 0 Å². The molecule has 2 heterocycles. The lowest BCUT2D eigenvalue weighted by atomic mass is 10.0. The number of carbonyl (C=O) groups is 1. The Kier molecular flexibility index (Phi) is 6.34. The van der Waals surface area contributed by atoms with Crippen LogP contribution in [0.5, 0.6) is 0 Å². The molecule has 13 heteroatoms. The molecule has 0 aliphatic heterocycles. The number of ether oxygens (including phenoxy) is 1. The zero-order valence-electron chi connectivity index (χ0n) is 17.4. The van der Waals surface area contributed by atoms with Crippen molar-refractivity contribution >= 4 is 17.7 Å². The van der Waals surface area contributed by atoms with Crippen LogP contribution in [-0.4, -0.2) is 36.6 Å². The molecule has 33 heavy (non-hydrogen) atoms. The average molecular weight is 473 g/mol. The van der Waals surface area contributed by atoms with Crippen LogP contribution < -0.4 is 0 Å². The van der Waals surface area contributed by atoms with Crippen LogP contribution in [0.3, 0.4) is 0 Å². The van der Waals surface area contributed by atoms with Crippen molar-refractivity contribution in [3.05, 3.63) is 53.6 Å². The highest BCUT2D eigenvalue weighted by molar-refractivity contribution is 6.20. The zero-order valence-corrected chi connectivity index (χ0v) is 17.4. The first kappa shape index (κ1) is 24.0. The van der Waals surface area contributed by atoms with E-state index in [0.717, 1.165) is 11.0 Å². The van der Waals surface area contributed by atoms with Gasteiger partial charge in [0.05, 0.1) is 29.0 Å². The van der Waals surface area contributed by atoms with E-state index in [-0.39, 0.29) is 11.6 Å². The molecule has 176 valence electrons. The van der Waals surface area contributed by atoms with Crippen LogP contribution in [0.1, 0.15) is 30.5 Å². The van der Waals surface area contributed by atoms with E-state index in [1.807, 2.05) is 0 Å². The number of carbonyl (C=O) groups excluding carboxylic acids is 1. The molecule has 0 saturated heterocycles. The van der Waals surface area contributed by atoms with Gasteiger partial charge in [0.15, 0.2) is 5.82 Å². The van der Waals surface area contributed by atoms with E-state index in [1.165, 1.54) is 23.3 Å². The molecule has 0 fully saturated rings. The summed E-state index contributed by atoms with van der Waals surface area (Å²) >= 11 is 0. The first-order chi connectivity index (χ1) is 15.2. The predicted molar refractivity (Wildman–Crippen MR) is 104 cm³/mol. The van der Waals surface area contributed by atoms with Crippen LogP contribution in [-0.2, 0) is 28.9 Å². The van der Waals surface area contributed by atoms with Crippen molar-refractivity contribution < 1.29 is 35.9 Å². The number of hydrogen-bond acceptors (Lipinski definition) is 5. The Morgan fingerprint density at radius 2 is 1.67 bits per heavy atom. The summed E-state index contributed by atoms with van der Waals surface area (Å²) in [5.41, 5.74) is -3.10. The molecular formula is C20H17F6N5O2. The van der Waals surface area contributed by atoms with E-state index in [0.29, 0.717) is 17.7 Å². The number of hydrogen-bond donors (Lipinski definition) is 0. The van der Waals surface area contributed by atoms with E-state index < -0.39 is 46.9 Å². The summed E-state index contributed by atoms with van der Waals surface area (Å²) in [7, 11) is 1.62. The summed E-state index contributed by atoms with van der Waals surface area (Å²) in [6, 6.07) is 1.06. The molecule has 2 aromatic heterocycles. The minimum absolute atomic E-state index is 0.00766.